The summed E-state index contributed by atoms with van der Waals surface area (Å²) in [6.45, 7) is 3.89. The molecular weight excluding hydrogens is 223 g/mol. The van der Waals surface area contributed by atoms with Crippen molar-refractivity contribution in [3.63, 3.8) is 0 Å². The van der Waals surface area contributed by atoms with Gasteiger partial charge < -0.3 is 10.1 Å². The summed E-state index contributed by atoms with van der Waals surface area (Å²) in [7, 11) is 1.72. The summed E-state index contributed by atoms with van der Waals surface area (Å²) in [5.41, 5.74) is 0. The Kier molecular flexibility index (Phi) is 4.04. The molecule has 5 heteroatoms. The van der Waals surface area contributed by atoms with Gasteiger partial charge in [0.05, 0.1) is 5.02 Å². The number of pyridine rings is 1. The van der Waals surface area contributed by atoms with Crippen LogP contribution in [0, 0.1) is 0 Å². The van der Waals surface area contributed by atoms with Crippen molar-refractivity contribution in [1.82, 2.24) is 4.98 Å². The van der Waals surface area contributed by atoms with Crippen LogP contribution in [0.4, 0.5) is 5.82 Å². The molecule has 0 unspecified atom stereocenters. The van der Waals surface area contributed by atoms with Crippen molar-refractivity contribution in [3.05, 3.63) is 28.8 Å². The fraction of sp³-hybridized carbons (Fsp3) is 0.222. The van der Waals surface area contributed by atoms with Gasteiger partial charge in [-0.05, 0) is 6.07 Å². The molecular formula is C9H10Cl2N2O. The molecule has 0 amide bonds. The molecule has 1 rings (SSSR count). The van der Waals surface area contributed by atoms with E-state index in [1.54, 1.807) is 19.2 Å². The van der Waals surface area contributed by atoms with Crippen molar-refractivity contribution in [2.45, 2.75) is 0 Å². The Balaban J connectivity index is 2.98. The zero-order chi connectivity index (χ0) is 10.6. The third kappa shape index (κ3) is 2.53. The van der Waals surface area contributed by atoms with Crippen LogP contribution in [0.5, 0.6) is 5.88 Å². The molecule has 0 aliphatic rings. The highest BCUT2D eigenvalue weighted by Gasteiger charge is 2.08. The van der Waals surface area contributed by atoms with Crippen LogP contribution in [0.2, 0.25) is 10.0 Å². The number of ether oxygens (including phenoxy) is 1. The first-order chi connectivity index (χ1) is 6.69. The highest BCUT2D eigenvalue weighted by atomic mass is 35.5. The van der Waals surface area contributed by atoms with Gasteiger partial charge in [0.1, 0.15) is 17.4 Å². The number of halogens is 2. The molecule has 14 heavy (non-hydrogen) atoms. The van der Waals surface area contributed by atoms with Crippen molar-refractivity contribution in [2.75, 3.05) is 19.0 Å². The summed E-state index contributed by atoms with van der Waals surface area (Å²) < 4.78 is 5.22. The largest absolute Gasteiger partial charge is 0.472 e. The SMILES string of the molecule is C=CCOc1nc(NC)c(Cl)cc1Cl. The van der Waals surface area contributed by atoms with E-state index in [0.29, 0.717) is 28.3 Å². The van der Waals surface area contributed by atoms with Crippen LogP contribution in [0.3, 0.4) is 0 Å². The molecule has 0 bridgehead atoms. The number of hydrogen-bond donors (Lipinski definition) is 1. The third-order valence-corrected chi connectivity index (χ3v) is 2.03. The molecule has 0 saturated heterocycles. The van der Waals surface area contributed by atoms with E-state index >= 15 is 0 Å². The lowest BCUT2D eigenvalue weighted by molar-refractivity contribution is 0.349. The molecule has 0 aromatic carbocycles. The minimum atomic E-state index is 0.348. The van der Waals surface area contributed by atoms with Gasteiger partial charge in [-0.25, -0.2) is 0 Å². The minimum absolute atomic E-state index is 0.348. The molecule has 1 aromatic rings. The fourth-order valence-electron chi connectivity index (χ4n) is 0.864. The maximum atomic E-state index is 5.86. The molecule has 0 atom stereocenters. The van der Waals surface area contributed by atoms with E-state index in [4.69, 9.17) is 27.9 Å². The topological polar surface area (TPSA) is 34.1 Å². The van der Waals surface area contributed by atoms with Gasteiger partial charge in [0.25, 0.3) is 0 Å². The number of hydrogen-bond acceptors (Lipinski definition) is 3. The van der Waals surface area contributed by atoms with Gasteiger partial charge in [0.2, 0.25) is 5.88 Å². The summed E-state index contributed by atoms with van der Waals surface area (Å²) in [6, 6.07) is 1.58. The number of nitrogens with zero attached hydrogens (tertiary/aromatic N) is 1. The van der Waals surface area contributed by atoms with Gasteiger partial charge in [-0.15, -0.1) is 0 Å². The van der Waals surface area contributed by atoms with Crippen LogP contribution < -0.4 is 10.1 Å². The maximum Gasteiger partial charge on any atom is 0.234 e. The average Bonchev–Trinajstić information content (AvgIpc) is 2.17. The van der Waals surface area contributed by atoms with Crippen LogP contribution in [-0.4, -0.2) is 18.6 Å². The Morgan fingerprint density at radius 1 is 1.57 bits per heavy atom. The molecule has 0 aliphatic carbocycles. The van der Waals surface area contributed by atoms with Crippen molar-refractivity contribution in [2.24, 2.45) is 0 Å². The first kappa shape index (κ1) is 11.1. The summed E-state index contributed by atoms with van der Waals surface area (Å²) in [6.07, 6.45) is 1.62. The summed E-state index contributed by atoms with van der Waals surface area (Å²) in [4.78, 5) is 4.08. The van der Waals surface area contributed by atoms with E-state index in [2.05, 4.69) is 16.9 Å². The number of aromatic nitrogens is 1. The standard InChI is InChI=1S/C9H10Cl2N2O/c1-3-4-14-9-7(11)5-6(10)8(12-2)13-9/h3,5H,1,4H2,2H3,(H,12,13). The Bertz CT molecular complexity index is 342. The minimum Gasteiger partial charge on any atom is -0.472 e. The molecule has 1 aromatic heterocycles. The molecule has 3 nitrogen and oxygen atoms in total. The van der Waals surface area contributed by atoms with Gasteiger partial charge in [-0.3, -0.25) is 0 Å². The highest BCUT2D eigenvalue weighted by molar-refractivity contribution is 6.36. The smallest absolute Gasteiger partial charge is 0.234 e. The van der Waals surface area contributed by atoms with Crippen LogP contribution in [0.15, 0.2) is 18.7 Å². The highest BCUT2D eigenvalue weighted by Crippen LogP contribution is 2.30. The monoisotopic (exact) mass is 232 g/mol. The molecule has 1 N–H and O–H groups in total. The van der Waals surface area contributed by atoms with E-state index in [1.165, 1.54) is 0 Å². The fourth-order valence-corrected chi connectivity index (χ4v) is 1.37. The number of anilines is 1. The molecule has 0 spiro atoms. The van der Waals surface area contributed by atoms with Crippen LogP contribution in [-0.2, 0) is 0 Å². The van der Waals surface area contributed by atoms with E-state index in [0.717, 1.165) is 0 Å². The van der Waals surface area contributed by atoms with Gasteiger partial charge in [-0.2, -0.15) is 4.98 Å². The van der Waals surface area contributed by atoms with E-state index in [1.807, 2.05) is 0 Å². The third-order valence-electron chi connectivity index (χ3n) is 1.47. The summed E-state index contributed by atoms with van der Waals surface area (Å²) in [5, 5.41) is 3.68. The Morgan fingerprint density at radius 2 is 2.29 bits per heavy atom. The van der Waals surface area contributed by atoms with Gasteiger partial charge in [-0.1, -0.05) is 35.9 Å². The van der Waals surface area contributed by atoms with Crippen molar-refractivity contribution < 1.29 is 4.74 Å². The lowest BCUT2D eigenvalue weighted by atomic mass is 10.4. The van der Waals surface area contributed by atoms with Crippen molar-refractivity contribution in [3.8, 4) is 5.88 Å². The number of nitrogens with one attached hydrogen (secondary N) is 1. The Hall–Kier alpha value is -0.930. The van der Waals surface area contributed by atoms with Crippen molar-refractivity contribution >= 4 is 29.0 Å². The zero-order valence-corrected chi connectivity index (χ0v) is 9.19. The van der Waals surface area contributed by atoms with Gasteiger partial charge in [0, 0.05) is 7.05 Å². The second-order valence-corrected chi connectivity index (χ2v) is 3.27. The van der Waals surface area contributed by atoms with E-state index in [-0.39, 0.29) is 0 Å². The Morgan fingerprint density at radius 3 is 2.86 bits per heavy atom. The van der Waals surface area contributed by atoms with E-state index in [9.17, 15) is 0 Å². The first-order valence-corrected chi connectivity index (χ1v) is 4.72. The number of rotatable bonds is 4. The van der Waals surface area contributed by atoms with Crippen LogP contribution >= 0.6 is 23.2 Å². The quantitative estimate of drug-likeness (QED) is 0.811. The average molecular weight is 233 g/mol. The Labute approximate surface area is 92.7 Å². The van der Waals surface area contributed by atoms with E-state index < -0.39 is 0 Å². The predicted molar refractivity (Wildman–Crippen MR) is 59.5 cm³/mol. The predicted octanol–water partition coefficient (Wildman–Crippen LogP) is 2.99. The lowest BCUT2D eigenvalue weighted by Crippen LogP contribution is -2.00. The van der Waals surface area contributed by atoms with Crippen LogP contribution in [0.25, 0.3) is 0 Å². The molecule has 1 heterocycles. The first-order valence-electron chi connectivity index (χ1n) is 3.96. The molecule has 0 saturated carbocycles. The second-order valence-electron chi connectivity index (χ2n) is 2.46. The second kappa shape index (κ2) is 5.08. The molecule has 0 radical (unpaired) electrons. The summed E-state index contributed by atoms with van der Waals surface area (Å²) in [5.74, 6) is 0.885. The lowest BCUT2D eigenvalue weighted by Gasteiger charge is -2.08. The van der Waals surface area contributed by atoms with Crippen LogP contribution in [0.1, 0.15) is 0 Å². The maximum absolute atomic E-state index is 5.86. The van der Waals surface area contributed by atoms with Gasteiger partial charge in [0.15, 0.2) is 0 Å². The zero-order valence-electron chi connectivity index (χ0n) is 7.68. The molecule has 76 valence electrons. The molecule has 0 fully saturated rings. The molecule has 0 aliphatic heterocycles. The van der Waals surface area contributed by atoms with Gasteiger partial charge >= 0.3 is 0 Å². The van der Waals surface area contributed by atoms with Crippen molar-refractivity contribution in [1.29, 1.82) is 0 Å². The normalized spacial score (nSPS) is 9.64. The summed E-state index contributed by atoms with van der Waals surface area (Å²) >= 11 is 11.7.